The monoisotopic (exact) mass is 356 g/mol. The predicted molar refractivity (Wildman–Crippen MR) is 77.7 cm³/mol. The number of benzene rings is 2. The molecule has 0 atom stereocenters. The maximum Gasteiger partial charge on any atom is 0.305 e. The fourth-order valence-corrected chi connectivity index (χ4v) is 2.06. The van der Waals surface area contributed by atoms with Crippen molar-refractivity contribution in [2.24, 2.45) is 0 Å². The van der Waals surface area contributed by atoms with E-state index in [0.717, 1.165) is 16.1 Å². The largest absolute Gasteiger partial charge is 0.309 e. The van der Waals surface area contributed by atoms with Gasteiger partial charge in [0.1, 0.15) is 5.82 Å². The van der Waals surface area contributed by atoms with E-state index in [4.69, 9.17) is 0 Å². The molecule has 0 radical (unpaired) electrons. The van der Waals surface area contributed by atoms with E-state index < -0.39 is 22.2 Å². The molecule has 2 rings (SSSR count). The Morgan fingerprint density at radius 1 is 1.10 bits per heavy atom. The van der Waals surface area contributed by atoms with Crippen LogP contribution in [-0.2, 0) is 13.1 Å². The van der Waals surface area contributed by atoms with Gasteiger partial charge in [-0.2, -0.15) is 4.39 Å². The third kappa shape index (κ3) is 4.05. The Balaban J connectivity index is 2.04. The van der Waals surface area contributed by atoms with Gasteiger partial charge in [0, 0.05) is 35.3 Å². The van der Waals surface area contributed by atoms with E-state index in [1.54, 1.807) is 0 Å². The van der Waals surface area contributed by atoms with Gasteiger partial charge < -0.3 is 5.32 Å². The van der Waals surface area contributed by atoms with E-state index in [2.05, 4.69) is 21.2 Å². The normalized spacial score (nSPS) is 10.6. The van der Waals surface area contributed by atoms with Crippen LogP contribution in [0.15, 0.2) is 40.9 Å². The van der Waals surface area contributed by atoms with E-state index in [-0.39, 0.29) is 12.1 Å². The van der Waals surface area contributed by atoms with Crippen molar-refractivity contribution < 1.29 is 13.7 Å². The Morgan fingerprint density at radius 2 is 1.76 bits per heavy atom. The summed E-state index contributed by atoms with van der Waals surface area (Å²) < 4.78 is 27.7. The van der Waals surface area contributed by atoms with Crippen molar-refractivity contribution in [3.8, 4) is 0 Å². The summed E-state index contributed by atoms with van der Waals surface area (Å²) in [7, 11) is 0. The zero-order valence-corrected chi connectivity index (χ0v) is 12.4. The summed E-state index contributed by atoms with van der Waals surface area (Å²) in [5.41, 5.74) is 0.312. The van der Waals surface area contributed by atoms with E-state index >= 15 is 0 Å². The smallest absolute Gasteiger partial charge is 0.305 e. The molecule has 0 bridgehead atoms. The lowest BCUT2D eigenvalue weighted by molar-refractivity contribution is -0.387. The number of nitro groups is 1. The molecular formula is C14H11BrF2N2O2. The summed E-state index contributed by atoms with van der Waals surface area (Å²) >= 11 is 3.32. The van der Waals surface area contributed by atoms with Crippen LogP contribution >= 0.6 is 15.9 Å². The molecule has 0 saturated heterocycles. The molecule has 0 aliphatic heterocycles. The van der Waals surface area contributed by atoms with Crippen LogP contribution in [0.1, 0.15) is 11.1 Å². The van der Waals surface area contributed by atoms with Crippen molar-refractivity contribution in [2.45, 2.75) is 13.1 Å². The molecule has 4 nitrogen and oxygen atoms in total. The van der Waals surface area contributed by atoms with Crippen molar-refractivity contribution in [1.29, 1.82) is 0 Å². The molecule has 110 valence electrons. The maximum atomic E-state index is 13.6. The molecule has 7 heteroatoms. The molecule has 2 aromatic rings. The van der Waals surface area contributed by atoms with Gasteiger partial charge in [0.15, 0.2) is 0 Å². The van der Waals surface area contributed by atoms with Crippen LogP contribution in [0.3, 0.4) is 0 Å². The Labute approximate surface area is 128 Å². The van der Waals surface area contributed by atoms with Crippen LogP contribution in [0, 0.1) is 21.7 Å². The molecule has 0 fully saturated rings. The minimum atomic E-state index is -1.17. The minimum absolute atomic E-state index is 0.0558. The molecule has 0 spiro atoms. The molecule has 0 heterocycles. The van der Waals surface area contributed by atoms with E-state index in [1.165, 1.54) is 0 Å². The zero-order valence-electron chi connectivity index (χ0n) is 10.8. The molecule has 21 heavy (non-hydrogen) atoms. The average Bonchev–Trinajstić information content (AvgIpc) is 2.43. The first kappa shape index (κ1) is 15.5. The second kappa shape index (κ2) is 6.73. The summed E-state index contributed by atoms with van der Waals surface area (Å²) in [6, 6.07) is 8.98. The Hall–Kier alpha value is -1.86. The molecule has 0 aliphatic carbocycles. The van der Waals surface area contributed by atoms with Gasteiger partial charge in [-0.1, -0.05) is 28.1 Å². The van der Waals surface area contributed by atoms with Crippen LogP contribution in [0.2, 0.25) is 0 Å². The van der Waals surface area contributed by atoms with Crippen molar-refractivity contribution in [1.82, 2.24) is 5.32 Å². The van der Waals surface area contributed by atoms with Gasteiger partial charge >= 0.3 is 5.69 Å². The molecule has 0 unspecified atom stereocenters. The van der Waals surface area contributed by atoms with Gasteiger partial charge in [-0.15, -0.1) is 0 Å². The third-order valence-electron chi connectivity index (χ3n) is 2.87. The lowest BCUT2D eigenvalue weighted by Gasteiger charge is -2.07. The van der Waals surface area contributed by atoms with Gasteiger partial charge in [-0.3, -0.25) is 10.1 Å². The van der Waals surface area contributed by atoms with E-state index in [0.29, 0.717) is 12.6 Å². The summed E-state index contributed by atoms with van der Waals surface area (Å²) in [5, 5.41) is 13.6. The van der Waals surface area contributed by atoms with Gasteiger partial charge in [0.05, 0.1) is 4.92 Å². The van der Waals surface area contributed by atoms with Crippen LogP contribution in [-0.4, -0.2) is 4.92 Å². The number of nitro benzene ring substituents is 1. The minimum Gasteiger partial charge on any atom is -0.309 e. The summed E-state index contributed by atoms with van der Waals surface area (Å²) in [5.74, 6) is -1.98. The lowest BCUT2D eigenvalue weighted by Crippen LogP contribution is -2.14. The van der Waals surface area contributed by atoms with Crippen LogP contribution in [0.5, 0.6) is 0 Å². The van der Waals surface area contributed by atoms with Gasteiger partial charge in [0.25, 0.3) is 0 Å². The SMILES string of the molecule is O=[N+]([O-])c1cc(CNCc2ccc(Br)cc2)c(F)cc1F. The Kier molecular flexibility index (Phi) is 4.98. The second-order valence-corrected chi connectivity index (χ2v) is 5.30. The molecule has 0 aromatic heterocycles. The molecule has 1 N–H and O–H groups in total. The number of halogens is 3. The number of nitrogens with zero attached hydrogens (tertiary/aromatic N) is 1. The molecule has 2 aromatic carbocycles. The lowest BCUT2D eigenvalue weighted by atomic mass is 10.1. The van der Waals surface area contributed by atoms with Crippen molar-refractivity contribution in [2.75, 3.05) is 0 Å². The fraction of sp³-hybridized carbons (Fsp3) is 0.143. The highest BCUT2D eigenvalue weighted by molar-refractivity contribution is 9.10. The standard InChI is InChI=1S/C14H11BrF2N2O2/c15-11-3-1-9(2-4-11)7-18-8-10-5-14(19(20)21)13(17)6-12(10)16/h1-6,18H,7-8H2. The first-order valence-electron chi connectivity index (χ1n) is 6.05. The number of rotatable bonds is 5. The zero-order chi connectivity index (χ0) is 15.4. The predicted octanol–water partition coefficient (Wildman–Crippen LogP) is 3.93. The highest BCUT2D eigenvalue weighted by atomic mass is 79.9. The number of hydrogen-bond donors (Lipinski definition) is 1. The molecule has 0 aliphatic rings. The molecule has 0 saturated carbocycles. The van der Waals surface area contributed by atoms with Crippen LogP contribution in [0.4, 0.5) is 14.5 Å². The highest BCUT2D eigenvalue weighted by Crippen LogP contribution is 2.21. The van der Waals surface area contributed by atoms with Crippen LogP contribution in [0.25, 0.3) is 0 Å². The maximum absolute atomic E-state index is 13.6. The van der Waals surface area contributed by atoms with E-state index in [1.807, 2.05) is 24.3 Å². The number of nitrogens with one attached hydrogen (secondary N) is 1. The topological polar surface area (TPSA) is 55.2 Å². The van der Waals surface area contributed by atoms with Crippen molar-refractivity contribution in [3.63, 3.8) is 0 Å². The first-order valence-corrected chi connectivity index (χ1v) is 6.84. The number of hydrogen-bond acceptors (Lipinski definition) is 3. The third-order valence-corrected chi connectivity index (χ3v) is 3.40. The van der Waals surface area contributed by atoms with Gasteiger partial charge in [-0.05, 0) is 17.7 Å². The molecule has 0 amide bonds. The summed E-state index contributed by atoms with van der Waals surface area (Å²) in [4.78, 5) is 9.76. The quantitative estimate of drug-likeness (QED) is 0.652. The second-order valence-electron chi connectivity index (χ2n) is 4.38. The fourth-order valence-electron chi connectivity index (χ4n) is 1.80. The van der Waals surface area contributed by atoms with E-state index in [9.17, 15) is 18.9 Å². The average molecular weight is 357 g/mol. The Morgan fingerprint density at radius 3 is 2.38 bits per heavy atom. The Bertz CT molecular complexity index is 663. The summed E-state index contributed by atoms with van der Waals surface area (Å²) in [6.45, 7) is 0.543. The first-order chi connectivity index (χ1) is 9.97. The summed E-state index contributed by atoms with van der Waals surface area (Å²) in [6.07, 6.45) is 0. The van der Waals surface area contributed by atoms with Gasteiger partial charge in [0.2, 0.25) is 5.82 Å². The van der Waals surface area contributed by atoms with Crippen LogP contribution < -0.4 is 5.32 Å². The van der Waals surface area contributed by atoms with Crippen molar-refractivity contribution in [3.05, 3.63) is 73.7 Å². The van der Waals surface area contributed by atoms with Crippen molar-refractivity contribution >= 4 is 21.6 Å². The van der Waals surface area contributed by atoms with Gasteiger partial charge in [-0.25, -0.2) is 4.39 Å². The highest BCUT2D eigenvalue weighted by Gasteiger charge is 2.18. The molecular weight excluding hydrogens is 346 g/mol.